The van der Waals surface area contributed by atoms with E-state index in [1.165, 1.54) is 6.92 Å². The third kappa shape index (κ3) is 5.49. The lowest BCUT2D eigenvalue weighted by Gasteiger charge is -2.16. The van der Waals surface area contributed by atoms with E-state index in [9.17, 15) is 13.3 Å². The maximum atomic E-state index is 14.1. The summed E-state index contributed by atoms with van der Waals surface area (Å²) < 4.78 is 48.4. The Bertz CT molecular complexity index is 1400. The summed E-state index contributed by atoms with van der Waals surface area (Å²) in [5.74, 6) is -1.90. The third-order valence-corrected chi connectivity index (χ3v) is 5.47. The second kappa shape index (κ2) is 9.61. The Morgan fingerprint density at radius 2 is 1.97 bits per heavy atom. The number of phosphoric ester groups is 1. The maximum absolute atomic E-state index is 14.1. The highest BCUT2D eigenvalue weighted by molar-refractivity contribution is 7.46. The number of aromatic nitrogens is 4. The van der Waals surface area contributed by atoms with Gasteiger partial charge in [-0.25, -0.2) is 13.3 Å². The molecule has 0 aliphatic rings. The van der Waals surface area contributed by atoms with Gasteiger partial charge in [0.25, 0.3) is 0 Å². The second-order valence-corrected chi connectivity index (χ2v) is 8.70. The van der Waals surface area contributed by atoms with Crippen molar-refractivity contribution >= 4 is 36.3 Å². The number of ether oxygens (including phenoxy) is 1. The van der Waals surface area contributed by atoms with E-state index in [-0.39, 0.29) is 29.8 Å². The maximum Gasteiger partial charge on any atom is 0.469 e. The Balaban J connectivity index is 1.76. The van der Waals surface area contributed by atoms with Crippen LogP contribution >= 0.6 is 19.4 Å². The first-order valence-electron chi connectivity index (χ1n) is 9.72. The molecule has 0 saturated heterocycles. The first-order valence-corrected chi connectivity index (χ1v) is 11.6. The minimum Gasteiger partial charge on any atom is -0.421 e. The van der Waals surface area contributed by atoms with Gasteiger partial charge in [-0.15, -0.1) is 0 Å². The fourth-order valence-corrected chi connectivity index (χ4v) is 3.88. The van der Waals surface area contributed by atoms with Gasteiger partial charge >= 0.3 is 13.8 Å². The van der Waals surface area contributed by atoms with Gasteiger partial charge in [-0.3, -0.25) is 9.62 Å². The molecule has 0 amide bonds. The lowest BCUT2D eigenvalue weighted by Crippen LogP contribution is -2.19. The predicted molar refractivity (Wildman–Crippen MR) is 120 cm³/mol. The molecule has 0 aliphatic carbocycles. The van der Waals surface area contributed by atoms with Crippen LogP contribution in [0.25, 0.3) is 22.3 Å². The average molecular weight is 512 g/mol. The van der Waals surface area contributed by atoms with Crippen molar-refractivity contribution in [1.82, 2.24) is 20.2 Å². The van der Waals surface area contributed by atoms with Crippen molar-refractivity contribution in [3.63, 3.8) is 0 Å². The zero-order chi connectivity index (χ0) is 24.5. The molecule has 0 radical (unpaired) electrons. The molecule has 4 N–H and O–H groups in total. The van der Waals surface area contributed by atoms with Crippen molar-refractivity contribution in [2.75, 3.05) is 11.9 Å². The highest BCUT2D eigenvalue weighted by Gasteiger charge is 2.22. The van der Waals surface area contributed by atoms with Crippen molar-refractivity contribution in [1.29, 1.82) is 0 Å². The van der Waals surface area contributed by atoms with Crippen LogP contribution in [0, 0.1) is 11.6 Å². The number of benzene rings is 2. The van der Waals surface area contributed by atoms with Gasteiger partial charge < -0.3 is 19.8 Å². The molecule has 0 aliphatic heterocycles. The van der Waals surface area contributed by atoms with Crippen LogP contribution < -0.4 is 10.1 Å². The highest BCUT2D eigenvalue weighted by Crippen LogP contribution is 2.38. The van der Waals surface area contributed by atoms with E-state index in [1.54, 1.807) is 24.3 Å². The number of phosphoric acid groups is 1. The van der Waals surface area contributed by atoms with Crippen LogP contribution in [0.1, 0.15) is 6.92 Å². The summed E-state index contributed by atoms with van der Waals surface area (Å²) in [4.78, 5) is 26.5. The third-order valence-electron chi connectivity index (χ3n) is 4.51. The van der Waals surface area contributed by atoms with E-state index in [0.29, 0.717) is 27.7 Å². The Morgan fingerprint density at radius 1 is 1.21 bits per heavy atom. The van der Waals surface area contributed by atoms with Crippen LogP contribution in [0.15, 0.2) is 42.5 Å². The molecule has 1 atom stereocenters. The number of rotatable bonds is 8. The molecular weight excluding hydrogens is 495 g/mol. The quantitative estimate of drug-likeness (QED) is 0.248. The van der Waals surface area contributed by atoms with E-state index in [1.807, 2.05) is 0 Å². The van der Waals surface area contributed by atoms with Crippen molar-refractivity contribution in [2.45, 2.75) is 13.0 Å². The monoisotopic (exact) mass is 511 g/mol. The predicted octanol–water partition coefficient (Wildman–Crippen LogP) is 4.65. The van der Waals surface area contributed by atoms with Crippen LogP contribution in [0.4, 0.5) is 14.6 Å². The molecule has 0 bridgehead atoms. The second-order valence-electron chi connectivity index (χ2n) is 7.10. The molecule has 2 aromatic heterocycles. The number of halogens is 3. The zero-order valence-electron chi connectivity index (χ0n) is 17.4. The number of hydrogen-bond acceptors (Lipinski definition) is 7. The van der Waals surface area contributed by atoms with Crippen LogP contribution in [0.3, 0.4) is 0 Å². The SMILES string of the molecule is C[C@H](CNc1nc(Oc2ccc(F)cc2F)nc2n[nH]c(-c3ccccc3Cl)c12)OP(=O)(O)O. The number of anilines is 1. The molecule has 4 rings (SSSR count). The minimum atomic E-state index is -4.71. The molecule has 178 valence electrons. The van der Waals surface area contributed by atoms with Gasteiger partial charge in [0.1, 0.15) is 11.6 Å². The summed E-state index contributed by atoms with van der Waals surface area (Å²) in [6, 6.07) is 9.40. The summed E-state index contributed by atoms with van der Waals surface area (Å²) in [5, 5.41) is 10.7. The first-order chi connectivity index (χ1) is 16.1. The smallest absolute Gasteiger partial charge is 0.421 e. The molecule has 2 aromatic carbocycles. The average Bonchev–Trinajstić information content (AvgIpc) is 3.17. The van der Waals surface area contributed by atoms with Crippen molar-refractivity contribution < 1.29 is 32.4 Å². The van der Waals surface area contributed by atoms with E-state index in [4.69, 9.17) is 26.1 Å². The Kier molecular flexibility index (Phi) is 6.78. The molecule has 2 heterocycles. The molecular formula is C20H17ClF2N5O5P. The molecule has 0 fully saturated rings. The number of hydrogen-bond donors (Lipinski definition) is 4. The van der Waals surface area contributed by atoms with E-state index >= 15 is 0 Å². The first kappa shape index (κ1) is 24.0. The number of fused-ring (bicyclic) bond motifs is 1. The summed E-state index contributed by atoms with van der Waals surface area (Å²) in [5.41, 5.74) is 1.19. The number of H-pyrrole nitrogens is 1. The molecule has 34 heavy (non-hydrogen) atoms. The Hall–Kier alpha value is -3.15. The fourth-order valence-electron chi connectivity index (χ4n) is 3.11. The van der Waals surface area contributed by atoms with Gasteiger partial charge in [-0.2, -0.15) is 15.1 Å². The zero-order valence-corrected chi connectivity index (χ0v) is 19.0. The van der Waals surface area contributed by atoms with E-state index < -0.39 is 25.6 Å². The van der Waals surface area contributed by atoms with Gasteiger partial charge in [-0.05, 0) is 25.1 Å². The topological polar surface area (TPSA) is 142 Å². The highest BCUT2D eigenvalue weighted by atomic mass is 35.5. The molecule has 10 nitrogen and oxygen atoms in total. The van der Waals surface area contributed by atoms with Crippen molar-refractivity contribution in [2.24, 2.45) is 0 Å². The van der Waals surface area contributed by atoms with Crippen LogP contribution in [-0.4, -0.2) is 42.6 Å². The van der Waals surface area contributed by atoms with Gasteiger partial charge in [0.2, 0.25) is 0 Å². The van der Waals surface area contributed by atoms with Crippen LogP contribution in [0.2, 0.25) is 5.02 Å². The summed E-state index contributed by atoms with van der Waals surface area (Å²) in [6.07, 6.45) is -0.916. The van der Waals surface area contributed by atoms with Gasteiger partial charge in [0, 0.05) is 23.2 Å². The standard InChI is InChI=1S/C20H17ClF2N5O5P/c1-10(33-34(29,30)31)9-24-18-16-17(12-4-2-3-5-13(12)21)27-28-19(16)26-20(25-18)32-15-7-6-11(22)8-14(15)23/h2-8,10H,9H2,1H3,(H2,29,30,31)(H2,24,25,26,27,28)/t10-/m1/s1. The number of aromatic amines is 1. The molecule has 0 unspecified atom stereocenters. The molecule has 0 saturated carbocycles. The van der Waals surface area contributed by atoms with Gasteiger partial charge in [-0.1, -0.05) is 29.8 Å². The lowest BCUT2D eigenvalue weighted by molar-refractivity contribution is 0.152. The van der Waals surface area contributed by atoms with E-state index in [0.717, 1.165) is 12.1 Å². The van der Waals surface area contributed by atoms with Crippen molar-refractivity contribution in [3.05, 3.63) is 59.1 Å². The molecule has 14 heteroatoms. The van der Waals surface area contributed by atoms with Crippen LogP contribution in [-0.2, 0) is 9.09 Å². The Morgan fingerprint density at radius 3 is 2.68 bits per heavy atom. The minimum absolute atomic E-state index is 0.0747. The number of nitrogens with zero attached hydrogens (tertiary/aromatic N) is 3. The molecule has 4 aromatic rings. The Labute approximate surface area is 196 Å². The van der Waals surface area contributed by atoms with Crippen LogP contribution in [0.5, 0.6) is 11.8 Å². The summed E-state index contributed by atoms with van der Waals surface area (Å²) in [6.45, 7) is 1.37. The van der Waals surface area contributed by atoms with Crippen molar-refractivity contribution in [3.8, 4) is 23.0 Å². The lowest BCUT2D eigenvalue weighted by atomic mass is 10.1. The number of nitrogens with one attached hydrogen (secondary N) is 2. The fraction of sp³-hybridized carbons (Fsp3) is 0.150. The van der Waals surface area contributed by atoms with Gasteiger partial charge in [0.05, 0.1) is 17.2 Å². The largest absolute Gasteiger partial charge is 0.469 e. The summed E-state index contributed by atoms with van der Waals surface area (Å²) >= 11 is 6.32. The molecule has 0 spiro atoms. The van der Waals surface area contributed by atoms with E-state index in [2.05, 4.69) is 30.0 Å². The summed E-state index contributed by atoms with van der Waals surface area (Å²) in [7, 11) is -4.71. The normalized spacial score (nSPS) is 12.6. The van der Waals surface area contributed by atoms with Gasteiger partial charge in [0.15, 0.2) is 17.2 Å².